The van der Waals surface area contributed by atoms with Gasteiger partial charge in [-0.3, -0.25) is 9.20 Å². The second-order valence-corrected chi connectivity index (χ2v) is 10.1. The van der Waals surface area contributed by atoms with Gasteiger partial charge in [-0.1, -0.05) is 49.6 Å². The number of likely N-dealkylation sites (tertiary alicyclic amines) is 1. The van der Waals surface area contributed by atoms with Crippen LogP contribution in [0.5, 0.6) is 0 Å². The van der Waals surface area contributed by atoms with Crippen LogP contribution in [0.4, 0.5) is 0 Å². The lowest BCUT2D eigenvalue weighted by Crippen LogP contribution is -2.49. The molecular formula is C23H38N4OS. The summed E-state index contributed by atoms with van der Waals surface area (Å²) in [5.41, 5.74) is 1.13. The highest BCUT2D eigenvalue weighted by Gasteiger charge is 2.23. The molecule has 29 heavy (non-hydrogen) atoms. The molecule has 0 bridgehead atoms. The first-order chi connectivity index (χ1) is 14.2. The van der Waals surface area contributed by atoms with E-state index in [1.807, 2.05) is 37.4 Å². The first kappa shape index (κ1) is 22.3. The summed E-state index contributed by atoms with van der Waals surface area (Å²) >= 11 is 0. The van der Waals surface area contributed by atoms with Gasteiger partial charge in [0.05, 0.1) is 0 Å². The van der Waals surface area contributed by atoms with Crippen molar-refractivity contribution in [3.05, 3.63) is 35.9 Å². The minimum Gasteiger partial charge on any atom is -0.355 e. The molecule has 1 aromatic carbocycles. The van der Waals surface area contributed by atoms with Gasteiger partial charge in [-0.05, 0) is 37.2 Å². The molecule has 0 spiro atoms. The average Bonchev–Trinajstić information content (AvgIpc) is 2.76. The Morgan fingerprint density at radius 3 is 2.52 bits per heavy atom. The van der Waals surface area contributed by atoms with Gasteiger partial charge in [-0.15, -0.1) is 0 Å². The van der Waals surface area contributed by atoms with Gasteiger partial charge >= 0.3 is 0 Å². The Labute approximate surface area is 179 Å². The maximum Gasteiger partial charge on any atom is 0.191 e. The van der Waals surface area contributed by atoms with Gasteiger partial charge in [0.25, 0.3) is 0 Å². The van der Waals surface area contributed by atoms with Crippen molar-refractivity contribution in [3.8, 4) is 0 Å². The van der Waals surface area contributed by atoms with E-state index in [9.17, 15) is 4.21 Å². The van der Waals surface area contributed by atoms with Gasteiger partial charge in [-0.2, -0.15) is 0 Å². The van der Waals surface area contributed by atoms with Crippen LogP contribution in [0.15, 0.2) is 35.3 Å². The zero-order chi connectivity index (χ0) is 20.3. The summed E-state index contributed by atoms with van der Waals surface area (Å²) in [6.07, 6.45) is 9.51. The van der Waals surface area contributed by atoms with Gasteiger partial charge in [-0.25, -0.2) is 0 Å². The zero-order valence-corrected chi connectivity index (χ0v) is 18.8. The minimum atomic E-state index is -0.857. The minimum absolute atomic E-state index is 0.485. The second kappa shape index (κ2) is 12.3. The first-order valence-electron chi connectivity index (χ1n) is 11.3. The van der Waals surface area contributed by atoms with Crippen molar-refractivity contribution >= 4 is 16.8 Å². The van der Waals surface area contributed by atoms with Crippen LogP contribution in [0, 0.1) is 5.92 Å². The van der Waals surface area contributed by atoms with E-state index < -0.39 is 10.8 Å². The lowest BCUT2D eigenvalue weighted by molar-refractivity contribution is 0.160. The standard InChI is InChI=1S/C23H38N4OS/c1-24-23(25-14-17-29(28)19-21-10-6-3-7-11-21)26-22-12-15-27(16-13-22)18-20-8-4-2-5-9-20/h3,6-7,10-11,20,22H,2,4-5,8-9,12-19H2,1H3,(H2,24,25,26). The molecule has 3 rings (SSSR count). The fourth-order valence-corrected chi connectivity index (χ4v) is 5.54. The number of guanidine groups is 1. The predicted molar refractivity (Wildman–Crippen MR) is 124 cm³/mol. The zero-order valence-electron chi connectivity index (χ0n) is 17.9. The van der Waals surface area contributed by atoms with E-state index >= 15 is 0 Å². The van der Waals surface area contributed by atoms with Gasteiger partial charge in [0.1, 0.15) is 0 Å². The highest BCUT2D eigenvalue weighted by atomic mass is 32.2. The molecule has 1 aromatic rings. The summed E-state index contributed by atoms with van der Waals surface area (Å²) in [6, 6.07) is 10.5. The Kier molecular flexibility index (Phi) is 9.48. The Balaban J connectivity index is 1.30. The number of aliphatic imine (C=N–C) groups is 1. The molecule has 2 aliphatic rings. The number of piperidine rings is 1. The lowest BCUT2D eigenvalue weighted by atomic mass is 9.88. The van der Waals surface area contributed by atoms with E-state index in [4.69, 9.17) is 0 Å². The summed E-state index contributed by atoms with van der Waals surface area (Å²) in [4.78, 5) is 7.02. The van der Waals surface area contributed by atoms with Crippen LogP contribution >= 0.6 is 0 Å². The molecular weight excluding hydrogens is 380 g/mol. The number of rotatable bonds is 8. The van der Waals surface area contributed by atoms with E-state index in [2.05, 4.69) is 20.5 Å². The van der Waals surface area contributed by atoms with Crippen molar-refractivity contribution in [3.63, 3.8) is 0 Å². The van der Waals surface area contributed by atoms with Crippen LogP contribution in [0.1, 0.15) is 50.5 Å². The fourth-order valence-electron chi connectivity index (χ4n) is 4.50. The van der Waals surface area contributed by atoms with Crippen molar-refractivity contribution < 1.29 is 4.21 Å². The van der Waals surface area contributed by atoms with E-state index in [1.165, 1.54) is 64.6 Å². The quantitative estimate of drug-likeness (QED) is 0.503. The molecule has 1 unspecified atom stereocenters. The lowest BCUT2D eigenvalue weighted by Gasteiger charge is -2.36. The number of benzene rings is 1. The Morgan fingerprint density at radius 1 is 1.10 bits per heavy atom. The number of nitrogens with zero attached hydrogens (tertiary/aromatic N) is 2. The molecule has 2 fully saturated rings. The molecule has 0 radical (unpaired) electrons. The molecule has 1 atom stereocenters. The predicted octanol–water partition coefficient (Wildman–Crippen LogP) is 3.15. The maximum absolute atomic E-state index is 12.3. The highest BCUT2D eigenvalue weighted by molar-refractivity contribution is 7.84. The van der Waals surface area contributed by atoms with Gasteiger partial charge in [0.15, 0.2) is 5.96 Å². The van der Waals surface area contributed by atoms with E-state index in [0.717, 1.165) is 17.4 Å². The van der Waals surface area contributed by atoms with Gasteiger partial charge < -0.3 is 15.5 Å². The summed E-state index contributed by atoms with van der Waals surface area (Å²) in [5, 5.41) is 6.91. The summed E-state index contributed by atoms with van der Waals surface area (Å²) in [7, 11) is 0.957. The molecule has 1 saturated carbocycles. The molecule has 5 nitrogen and oxygen atoms in total. The molecule has 1 aliphatic heterocycles. The third kappa shape index (κ3) is 8.09. The number of hydrogen-bond acceptors (Lipinski definition) is 3. The summed E-state index contributed by atoms with van der Waals surface area (Å²) in [5.74, 6) is 3.02. The Hall–Kier alpha value is -1.40. The van der Waals surface area contributed by atoms with Gasteiger partial charge in [0.2, 0.25) is 0 Å². The molecule has 0 amide bonds. The van der Waals surface area contributed by atoms with Crippen LogP contribution in [-0.2, 0) is 16.6 Å². The summed E-state index contributed by atoms with van der Waals surface area (Å²) in [6.45, 7) is 4.35. The fraction of sp³-hybridized carbons (Fsp3) is 0.696. The number of hydrogen-bond donors (Lipinski definition) is 2. The van der Waals surface area contributed by atoms with E-state index in [0.29, 0.717) is 24.1 Å². The summed E-state index contributed by atoms with van der Waals surface area (Å²) < 4.78 is 12.3. The van der Waals surface area contributed by atoms with Gasteiger partial charge in [0, 0.05) is 61.6 Å². The molecule has 1 heterocycles. The monoisotopic (exact) mass is 418 g/mol. The molecule has 6 heteroatoms. The largest absolute Gasteiger partial charge is 0.355 e. The van der Waals surface area contributed by atoms with Crippen LogP contribution in [-0.4, -0.2) is 60.1 Å². The molecule has 2 N–H and O–H groups in total. The van der Waals surface area contributed by atoms with Crippen molar-refractivity contribution in [2.24, 2.45) is 10.9 Å². The van der Waals surface area contributed by atoms with E-state index in [1.54, 1.807) is 0 Å². The average molecular weight is 419 g/mol. The SMILES string of the molecule is CN=C(NCCS(=O)Cc1ccccc1)NC1CCN(CC2CCCCC2)CC1. The first-order valence-corrected chi connectivity index (χ1v) is 12.8. The second-order valence-electron chi connectivity index (χ2n) is 8.50. The Morgan fingerprint density at radius 2 is 1.83 bits per heavy atom. The third-order valence-corrected chi connectivity index (χ3v) is 7.50. The van der Waals surface area contributed by atoms with Crippen LogP contribution in [0.25, 0.3) is 0 Å². The molecule has 1 aliphatic carbocycles. The van der Waals surface area contributed by atoms with Crippen LogP contribution in [0.3, 0.4) is 0 Å². The molecule has 162 valence electrons. The maximum atomic E-state index is 12.3. The molecule has 1 saturated heterocycles. The normalized spacial score (nSPS) is 21.1. The van der Waals surface area contributed by atoms with Crippen molar-refractivity contribution in [2.45, 2.75) is 56.7 Å². The molecule has 0 aromatic heterocycles. The highest BCUT2D eigenvalue weighted by Crippen LogP contribution is 2.25. The number of nitrogens with one attached hydrogen (secondary N) is 2. The van der Waals surface area contributed by atoms with Crippen LogP contribution < -0.4 is 10.6 Å². The smallest absolute Gasteiger partial charge is 0.191 e. The Bertz CT molecular complexity index is 638. The topological polar surface area (TPSA) is 56.7 Å². The van der Waals surface area contributed by atoms with E-state index in [-0.39, 0.29) is 0 Å². The third-order valence-electron chi connectivity index (χ3n) is 6.19. The van der Waals surface area contributed by atoms with Crippen molar-refractivity contribution in [2.75, 3.05) is 39.0 Å². The van der Waals surface area contributed by atoms with Crippen molar-refractivity contribution in [1.82, 2.24) is 15.5 Å². The van der Waals surface area contributed by atoms with Crippen LogP contribution in [0.2, 0.25) is 0 Å². The van der Waals surface area contributed by atoms with Crippen molar-refractivity contribution in [1.29, 1.82) is 0 Å².